The number of aliphatic hydroxyl groups is 2. The number of fused-ring (bicyclic) bond motifs is 1. The Balaban J connectivity index is 2.06. The highest BCUT2D eigenvalue weighted by Gasteiger charge is 2.40. The molecule has 34 heavy (non-hydrogen) atoms. The van der Waals surface area contributed by atoms with Crippen LogP contribution in [-0.2, 0) is 14.3 Å². The molecule has 3 N–H and O–H groups in total. The lowest BCUT2D eigenvalue weighted by Gasteiger charge is -2.42. The lowest BCUT2D eigenvalue weighted by Crippen LogP contribution is -2.40. The molecule has 0 amide bonds. The van der Waals surface area contributed by atoms with Crippen LogP contribution in [0.1, 0.15) is 97.8 Å². The standard InChI is InChI=1S/C28H46O6/c1-4-6-9-21(10-7-5-2)28(33)34-25-12-8-11-20-14-13-19(3)24(27(20)25)16-15-22(29)17-23(30)18-26(31)32/h11,13-14,19,21-25,27,29-30H,4-10,12,15-18H2,1-3H3,(H,31,32). The Morgan fingerprint density at radius 1 is 1.09 bits per heavy atom. The van der Waals surface area contributed by atoms with Gasteiger partial charge in [0.05, 0.1) is 24.5 Å². The van der Waals surface area contributed by atoms with Crippen LogP contribution in [0.3, 0.4) is 0 Å². The number of ether oxygens (including phenoxy) is 1. The van der Waals surface area contributed by atoms with E-state index < -0.39 is 18.2 Å². The van der Waals surface area contributed by atoms with E-state index in [9.17, 15) is 19.8 Å². The summed E-state index contributed by atoms with van der Waals surface area (Å²) in [6.45, 7) is 6.47. The normalized spacial score (nSPS) is 26.0. The molecule has 0 aromatic carbocycles. The van der Waals surface area contributed by atoms with Crippen LogP contribution in [0.25, 0.3) is 0 Å². The van der Waals surface area contributed by atoms with Crippen LogP contribution in [0.15, 0.2) is 23.8 Å². The monoisotopic (exact) mass is 478 g/mol. The number of carboxylic acid groups (broad SMARTS) is 1. The predicted molar refractivity (Wildman–Crippen MR) is 133 cm³/mol. The number of carboxylic acids is 1. The van der Waals surface area contributed by atoms with Crippen molar-refractivity contribution < 1.29 is 29.6 Å². The lowest BCUT2D eigenvalue weighted by atomic mass is 9.66. The molecule has 0 heterocycles. The number of esters is 1. The first-order chi connectivity index (χ1) is 16.3. The maximum absolute atomic E-state index is 13.2. The molecule has 0 aliphatic heterocycles. The highest BCUT2D eigenvalue weighted by Crippen LogP contribution is 2.44. The van der Waals surface area contributed by atoms with E-state index in [1.807, 2.05) is 0 Å². The Labute approximate surface area is 205 Å². The minimum Gasteiger partial charge on any atom is -0.481 e. The van der Waals surface area contributed by atoms with Gasteiger partial charge in [-0.1, -0.05) is 64.7 Å². The van der Waals surface area contributed by atoms with Gasteiger partial charge in [0, 0.05) is 5.92 Å². The molecule has 2 aliphatic rings. The van der Waals surface area contributed by atoms with E-state index in [-0.39, 0.29) is 48.6 Å². The first kappa shape index (κ1) is 28.6. The fraction of sp³-hybridized carbons (Fsp3) is 0.786. The first-order valence-electron chi connectivity index (χ1n) is 13.4. The average molecular weight is 479 g/mol. The van der Waals surface area contributed by atoms with Crippen molar-refractivity contribution in [2.24, 2.45) is 23.7 Å². The summed E-state index contributed by atoms with van der Waals surface area (Å²) >= 11 is 0. The Bertz CT molecular complexity index is 691. The molecule has 6 nitrogen and oxygen atoms in total. The third kappa shape index (κ3) is 8.84. The molecule has 0 aromatic rings. The smallest absolute Gasteiger partial charge is 0.309 e. The first-order valence-corrected chi connectivity index (χ1v) is 13.4. The maximum atomic E-state index is 13.2. The van der Waals surface area contributed by atoms with E-state index in [1.54, 1.807) is 0 Å². The number of carbonyl (C=O) groups is 2. The summed E-state index contributed by atoms with van der Waals surface area (Å²) in [5.74, 6) is -0.512. The predicted octanol–water partition coefficient (Wildman–Crippen LogP) is 5.42. The van der Waals surface area contributed by atoms with Gasteiger partial charge in [-0.3, -0.25) is 9.59 Å². The van der Waals surface area contributed by atoms with Gasteiger partial charge in [-0.15, -0.1) is 0 Å². The van der Waals surface area contributed by atoms with Crippen LogP contribution in [0.4, 0.5) is 0 Å². The molecule has 2 aliphatic carbocycles. The second kappa shape index (κ2) is 14.7. The molecule has 6 heteroatoms. The molecule has 0 aromatic heterocycles. The van der Waals surface area contributed by atoms with Gasteiger partial charge in [-0.25, -0.2) is 0 Å². The summed E-state index contributed by atoms with van der Waals surface area (Å²) in [6.07, 6.45) is 13.3. The van der Waals surface area contributed by atoms with Crippen LogP contribution in [-0.4, -0.2) is 45.6 Å². The topological polar surface area (TPSA) is 104 Å². The van der Waals surface area contributed by atoms with Gasteiger partial charge < -0.3 is 20.1 Å². The Morgan fingerprint density at radius 3 is 2.38 bits per heavy atom. The van der Waals surface area contributed by atoms with Crippen LogP contribution in [0, 0.1) is 23.7 Å². The van der Waals surface area contributed by atoms with Crippen molar-refractivity contribution in [3.05, 3.63) is 23.8 Å². The van der Waals surface area contributed by atoms with Crippen molar-refractivity contribution in [1.82, 2.24) is 0 Å². The number of unbranched alkanes of at least 4 members (excludes halogenated alkanes) is 2. The van der Waals surface area contributed by atoms with Crippen molar-refractivity contribution in [2.45, 2.75) is 116 Å². The number of aliphatic carboxylic acids is 1. The minimum absolute atomic E-state index is 0.0261. The minimum atomic E-state index is -1.07. The van der Waals surface area contributed by atoms with Crippen molar-refractivity contribution in [2.75, 3.05) is 0 Å². The van der Waals surface area contributed by atoms with E-state index in [0.29, 0.717) is 6.42 Å². The summed E-state index contributed by atoms with van der Waals surface area (Å²) in [5.41, 5.74) is 1.23. The van der Waals surface area contributed by atoms with Crippen molar-refractivity contribution in [3.63, 3.8) is 0 Å². The Kier molecular flexibility index (Phi) is 12.3. The van der Waals surface area contributed by atoms with E-state index in [0.717, 1.165) is 57.8 Å². The zero-order valence-electron chi connectivity index (χ0n) is 21.3. The van der Waals surface area contributed by atoms with Gasteiger partial charge in [-0.2, -0.15) is 0 Å². The Morgan fingerprint density at radius 2 is 1.76 bits per heavy atom. The van der Waals surface area contributed by atoms with Crippen molar-refractivity contribution >= 4 is 11.9 Å². The molecule has 6 unspecified atom stereocenters. The van der Waals surface area contributed by atoms with Crippen LogP contribution in [0.2, 0.25) is 0 Å². The highest BCUT2D eigenvalue weighted by molar-refractivity contribution is 5.72. The molecule has 0 radical (unpaired) electrons. The second-order valence-electron chi connectivity index (χ2n) is 10.4. The van der Waals surface area contributed by atoms with Crippen LogP contribution in [0.5, 0.6) is 0 Å². The molecule has 0 spiro atoms. The van der Waals surface area contributed by atoms with Crippen LogP contribution < -0.4 is 0 Å². The summed E-state index contributed by atoms with van der Waals surface area (Å²) in [6, 6.07) is 0. The van der Waals surface area contributed by atoms with E-state index in [2.05, 4.69) is 39.0 Å². The second-order valence-corrected chi connectivity index (χ2v) is 10.4. The third-order valence-corrected chi connectivity index (χ3v) is 7.55. The van der Waals surface area contributed by atoms with Gasteiger partial charge in [0.1, 0.15) is 6.10 Å². The quantitative estimate of drug-likeness (QED) is 0.272. The third-order valence-electron chi connectivity index (χ3n) is 7.55. The fourth-order valence-corrected chi connectivity index (χ4v) is 5.58. The van der Waals surface area contributed by atoms with E-state index in [4.69, 9.17) is 9.84 Å². The van der Waals surface area contributed by atoms with Crippen molar-refractivity contribution in [1.29, 1.82) is 0 Å². The molecule has 0 fully saturated rings. The molecule has 2 rings (SSSR count). The molecule has 0 bridgehead atoms. The number of allylic oxidation sites excluding steroid dienone is 3. The lowest BCUT2D eigenvalue weighted by molar-refractivity contribution is -0.159. The van der Waals surface area contributed by atoms with Crippen LogP contribution >= 0.6 is 0 Å². The number of carbonyl (C=O) groups excluding carboxylic acids is 1. The molecule has 0 saturated heterocycles. The summed E-state index contributed by atoms with van der Waals surface area (Å²) in [4.78, 5) is 24.0. The number of aliphatic hydroxyl groups excluding tert-OH is 2. The number of hydrogen-bond acceptors (Lipinski definition) is 5. The van der Waals surface area contributed by atoms with E-state index >= 15 is 0 Å². The average Bonchev–Trinajstić information content (AvgIpc) is 2.78. The largest absolute Gasteiger partial charge is 0.481 e. The molecular formula is C28H46O6. The van der Waals surface area contributed by atoms with Gasteiger partial charge in [0.2, 0.25) is 0 Å². The molecule has 0 saturated carbocycles. The molecular weight excluding hydrogens is 432 g/mol. The van der Waals surface area contributed by atoms with Gasteiger partial charge in [-0.05, 0) is 62.4 Å². The SMILES string of the molecule is CCCCC(CCCC)C(=O)OC1CCC=C2C=CC(C)C(CCC(O)CC(O)CC(=O)O)C21. The zero-order valence-corrected chi connectivity index (χ0v) is 21.3. The molecule has 6 atom stereocenters. The zero-order chi connectivity index (χ0) is 25.1. The van der Waals surface area contributed by atoms with E-state index in [1.165, 1.54) is 5.57 Å². The number of rotatable bonds is 15. The fourth-order valence-electron chi connectivity index (χ4n) is 5.58. The Hall–Kier alpha value is -1.66. The summed E-state index contributed by atoms with van der Waals surface area (Å²) in [5, 5.41) is 29.1. The highest BCUT2D eigenvalue weighted by atomic mass is 16.5. The summed E-state index contributed by atoms with van der Waals surface area (Å²) < 4.78 is 6.23. The van der Waals surface area contributed by atoms with Gasteiger partial charge in [0.25, 0.3) is 0 Å². The summed E-state index contributed by atoms with van der Waals surface area (Å²) in [7, 11) is 0. The number of hydrogen-bond donors (Lipinski definition) is 3. The van der Waals surface area contributed by atoms with Crippen molar-refractivity contribution in [3.8, 4) is 0 Å². The maximum Gasteiger partial charge on any atom is 0.309 e. The molecule has 194 valence electrons. The van der Waals surface area contributed by atoms with Gasteiger partial charge >= 0.3 is 11.9 Å². The van der Waals surface area contributed by atoms with Gasteiger partial charge in [0.15, 0.2) is 0 Å².